The van der Waals surface area contributed by atoms with Crippen LogP contribution in [0.25, 0.3) is 0 Å². The highest BCUT2D eigenvalue weighted by Crippen LogP contribution is 2.26. The predicted molar refractivity (Wildman–Crippen MR) is 86.4 cm³/mol. The third kappa shape index (κ3) is 3.64. The monoisotopic (exact) mass is 304 g/mol. The van der Waals surface area contributed by atoms with Crippen molar-refractivity contribution in [2.24, 2.45) is 0 Å². The molecule has 0 amide bonds. The van der Waals surface area contributed by atoms with Gasteiger partial charge in [-0.05, 0) is 37.3 Å². The Morgan fingerprint density at radius 1 is 1.38 bits per heavy atom. The van der Waals surface area contributed by atoms with Crippen molar-refractivity contribution in [3.63, 3.8) is 0 Å². The number of anilines is 2. The molecule has 3 heterocycles. The third-order valence-corrected chi connectivity index (χ3v) is 4.53. The van der Waals surface area contributed by atoms with E-state index in [1.807, 2.05) is 24.3 Å². The Balaban J connectivity index is 1.54. The number of nitrogens with zero attached hydrogens (tertiary/aromatic N) is 3. The molecular formula is C15H20N4OS. The van der Waals surface area contributed by atoms with E-state index < -0.39 is 0 Å². The molecule has 6 heteroatoms. The number of nitrogens with one attached hydrogen (secondary N) is 1. The molecule has 0 spiro atoms. The molecule has 1 aliphatic rings. The molecule has 0 aliphatic carbocycles. The molecule has 1 N–H and O–H groups in total. The number of rotatable bonds is 5. The van der Waals surface area contributed by atoms with Crippen molar-refractivity contribution < 1.29 is 4.74 Å². The number of ether oxygens (including phenoxy) is 1. The maximum atomic E-state index is 5.40. The van der Waals surface area contributed by atoms with Gasteiger partial charge < -0.3 is 15.0 Å². The number of thiophene rings is 1. The zero-order valence-electron chi connectivity index (χ0n) is 12.2. The molecule has 2 aromatic heterocycles. The van der Waals surface area contributed by atoms with Crippen molar-refractivity contribution in [3.05, 3.63) is 29.9 Å². The zero-order valence-corrected chi connectivity index (χ0v) is 13.0. The van der Waals surface area contributed by atoms with Gasteiger partial charge in [-0.2, -0.15) is 0 Å². The van der Waals surface area contributed by atoms with E-state index in [9.17, 15) is 0 Å². The molecule has 0 radical (unpaired) electrons. The molecule has 3 rings (SSSR count). The van der Waals surface area contributed by atoms with Gasteiger partial charge in [0.1, 0.15) is 12.1 Å². The van der Waals surface area contributed by atoms with Crippen LogP contribution in [-0.4, -0.2) is 35.7 Å². The van der Waals surface area contributed by atoms with E-state index in [0.29, 0.717) is 18.5 Å². The minimum Gasteiger partial charge on any atom is -0.478 e. The average molecular weight is 304 g/mol. The van der Waals surface area contributed by atoms with E-state index in [1.165, 1.54) is 5.00 Å². The molecule has 1 fully saturated rings. The molecule has 0 bridgehead atoms. The fraction of sp³-hybridized carbons (Fsp3) is 0.467. The Hall–Kier alpha value is -1.82. The highest BCUT2D eigenvalue weighted by molar-refractivity contribution is 7.14. The first-order valence-corrected chi connectivity index (χ1v) is 8.23. The summed E-state index contributed by atoms with van der Waals surface area (Å²) in [7, 11) is 0. The topological polar surface area (TPSA) is 50.3 Å². The van der Waals surface area contributed by atoms with Gasteiger partial charge in [-0.15, -0.1) is 11.3 Å². The Labute approximate surface area is 129 Å². The number of hydrogen-bond donors (Lipinski definition) is 1. The third-order valence-electron chi connectivity index (χ3n) is 3.60. The van der Waals surface area contributed by atoms with Crippen LogP contribution in [0.3, 0.4) is 0 Å². The molecule has 21 heavy (non-hydrogen) atoms. The largest absolute Gasteiger partial charge is 0.478 e. The summed E-state index contributed by atoms with van der Waals surface area (Å²) in [5, 5.41) is 7.00. The van der Waals surface area contributed by atoms with Crippen LogP contribution in [-0.2, 0) is 0 Å². The molecule has 0 atom stereocenters. The number of piperidine rings is 1. The normalized spacial score (nSPS) is 16.0. The van der Waals surface area contributed by atoms with E-state index in [0.717, 1.165) is 31.7 Å². The van der Waals surface area contributed by atoms with Crippen LogP contribution in [0.5, 0.6) is 5.88 Å². The SMILES string of the molecule is CCOc1cc(NC2CCN(c3cccs3)CC2)ncn1. The summed E-state index contributed by atoms with van der Waals surface area (Å²) in [6.07, 6.45) is 3.78. The van der Waals surface area contributed by atoms with Crippen LogP contribution in [0, 0.1) is 0 Å². The molecule has 0 aromatic carbocycles. The van der Waals surface area contributed by atoms with Gasteiger partial charge in [0.15, 0.2) is 0 Å². The molecule has 2 aromatic rings. The highest BCUT2D eigenvalue weighted by atomic mass is 32.1. The van der Waals surface area contributed by atoms with Gasteiger partial charge in [0.25, 0.3) is 0 Å². The fourth-order valence-corrected chi connectivity index (χ4v) is 3.33. The van der Waals surface area contributed by atoms with Crippen molar-refractivity contribution in [2.45, 2.75) is 25.8 Å². The van der Waals surface area contributed by atoms with Crippen molar-refractivity contribution in [1.29, 1.82) is 0 Å². The standard InChI is InChI=1S/C15H20N4OS/c1-2-20-14-10-13(16-11-17-14)18-12-5-7-19(8-6-12)15-4-3-9-21-15/h3-4,9-12H,2,5-8H2,1H3,(H,16,17,18). The minimum absolute atomic E-state index is 0.464. The van der Waals surface area contributed by atoms with Gasteiger partial charge in [-0.25, -0.2) is 9.97 Å². The van der Waals surface area contributed by atoms with Gasteiger partial charge >= 0.3 is 0 Å². The molecule has 0 unspecified atom stereocenters. The Kier molecular flexibility index (Phi) is 4.55. The van der Waals surface area contributed by atoms with Crippen LogP contribution < -0.4 is 15.0 Å². The summed E-state index contributed by atoms with van der Waals surface area (Å²) in [5.74, 6) is 1.48. The first kappa shape index (κ1) is 14.1. The second kappa shape index (κ2) is 6.76. The Morgan fingerprint density at radius 2 is 2.24 bits per heavy atom. The minimum atomic E-state index is 0.464. The molecule has 1 aliphatic heterocycles. The lowest BCUT2D eigenvalue weighted by molar-refractivity contribution is 0.326. The lowest BCUT2D eigenvalue weighted by atomic mass is 10.1. The van der Waals surface area contributed by atoms with E-state index >= 15 is 0 Å². The van der Waals surface area contributed by atoms with E-state index in [-0.39, 0.29) is 0 Å². The van der Waals surface area contributed by atoms with Crippen molar-refractivity contribution in [3.8, 4) is 5.88 Å². The van der Waals surface area contributed by atoms with Crippen LogP contribution in [0.1, 0.15) is 19.8 Å². The predicted octanol–water partition coefficient (Wildman–Crippen LogP) is 3.02. The highest BCUT2D eigenvalue weighted by Gasteiger charge is 2.20. The molecular weight excluding hydrogens is 284 g/mol. The number of aromatic nitrogens is 2. The van der Waals surface area contributed by atoms with Gasteiger partial charge in [0, 0.05) is 25.2 Å². The maximum absolute atomic E-state index is 5.40. The van der Waals surface area contributed by atoms with Gasteiger partial charge in [0.2, 0.25) is 5.88 Å². The van der Waals surface area contributed by atoms with E-state index in [4.69, 9.17) is 4.74 Å². The van der Waals surface area contributed by atoms with E-state index in [1.54, 1.807) is 6.33 Å². The second-order valence-corrected chi connectivity index (χ2v) is 5.96. The summed E-state index contributed by atoms with van der Waals surface area (Å²) in [4.78, 5) is 10.8. The van der Waals surface area contributed by atoms with Crippen molar-refractivity contribution >= 4 is 22.2 Å². The summed E-state index contributed by atoms with van der Waals surface area (Å²) in [6.45, 7) is 4.74. The maximum Gasteiger partial charge on any atom is 0.218 e. The van der Waals surface area contributed by atoms with E-state index in [2.05, 4.69) is 37.7 Å². The van der Waals surface area contributed by atoms with Crippen molar-refractivity contribution in [2.75, 3.05) is 29.9 Å². The van der Waals surface area contributed by atoms with Gasteiger partial charge in [-0.3, -0.25) is 0 Å². The molecule has 1 saturated heterocycles. The Morgan fingerprint density at radius 3 is 2.95 bits per heavy atom. The van der Waals surface area contributed by atoms with Crippen LogP contribution in [0.15, 0.2) is 29.9 Å². The van der Waals surface area contributed by atoms with Crippen LogP contribution in [0.4, 0.5) is 10.8 Å². The summed E-state index contributed by atoms with van der Waals surface area (Å²) >= 11 is 1.81. The quantitative estimate of drug-likeness (QED) is 0.920. The molecule has 0 saturated carbocycles. The summed E-state index contributed by atoms with van der Waals surface area (Å²) < 4.78 is 5.40. The van der Waals surface area contributed by atoms with Gasteiger partial charge in [-0.1, -0.05) is 0 Å². The summed E-state index contributed by atoms with van der Waals surface area (Å²) in [5.41, 5.74) is 0. The smallest absolute Gasteiger partial charge is 0.218 e. The molecule has 5 nitrogen and oxygen atoms in total. The average Bonchev–Trinajstić information content (AvgIpc) is 3.03. The second-order valence-electron chi connectivity index (χ2n) is 5.03. The van der Waals surface area contributed by atoms with Crippen LogP contribution >= 0.6 is 11.3 Å². The van der Waals surface area contributed by atoms with Gasteiger partial charge in [0.05, 0.1) is 11.6 Å². The molecule has 112 valence electrons. The first-order valence-electron chi connectivity index (χ1n) is 7.35. The summed E-state index contributed by atoms with van der Waals surface area (Å²) in [6, 6.07) is 6.64. The van der Waals surface area contributed by atoms with Crippen molar-refractivity contribution in [1.82, 2.24) is 9.97 Å². The zero-order chi connectivity index (χ0) is 14.5. The fourth-order valence-electron chi connectivity index (χ4n) is 2.55. The lowest BCUT2D eigenvalue weighted by Crippen LogP contribution is -2.38. The van der Waals surface area contributed by atoms with Crippen LogP contribution in [0.2, 0.25) is 0 Å². The first-order chi connectivity index (χ1) is 10.3. The Bertz CT molecular complexity index is 553. The lowest BCUT2D eigenvalue weighted by Gasteiger charge is -2.33. The number of hydrogen-bond acceptors (Lipinski definition) is 6.